The Morgan fingerprint density at radius 1 is 1.32 bits per heavy atom. The number of aryl methyl sites for hydroxylation is 1. The molecule has 2 aromatic rings. The van der Waals surface area contributed by atoms with Gasteiger partial charge in [0.05, 0.1) is 13.2 Å². The van der Waals surface area contributed by atoms with Gasteiger partial charge in [-0.1, -0.05) is 25.1 Å². The standard InChI is InChI=1S/C16H21NOS/c1-5-17-16(15-9-13(18-4)10-19-15)14-8-6-7-11(2)12(14)3/h6-10,16-17H,5H2,1-4H3. The highest BCUT2D eigenvalue weighted by Gasteiger charge is 2.18. The molecule has 1 N–H and O–H groups in total. The van der Waals surface area contributed by atoms with Crippen LogP contribution in [0, 0.1) is 13.8 Å². The second-order valence-electron chi connectivity index (χ2n) is 4.67. The second-order valence-corrected chi connectivity index (χ2v) is 5.61. The van der Waals surface area contributed by atoms with Crippen LogP contribution in [0.4, 0.5) is 0 Å². The normalized spacial score (nSPS) is 12.4. The monoisotopic (exact) mass is 275 g/mol. The van der Waals surface area contributed by atoms with Gasteiger partial charge in [-0.2, -0.15) is 0 Å². The van der Waals surface area contributed by atoms with Crippen LogP contribution in [0.3, 0.4) is 0 Å². The molecular formula is C16H21NOS. The minimum absolute atomic E-state index is 0.249. The topological polar surface area (TPSA) is 21.3 Å². The Balaban J connectivity index is 2.42. The van der Waals surface area contributed by atoms with E-state index in [0.29, 0.717) is 0 Å². The fourth-order valence-corrected chi connectivity index (χ4v) is 3.19. The molecule has 102 valence electrons. The average Bonchev–Trinajstić information content (AvgIpc) is 2.88. The molecule has 1 aromatic heterocycles. The molecule has 2 nitrogen and oxygen atoms in total. The largest absolute Gasteiger partial charge is 0.496 e. The number of thiophene rings is 1. The first-order valence-corrected chi connectivity index (χ1v) is 7.47. The Bertz CT molecular complexity index is 547. The second kappa shape index (κ2) is 6.22. The van der Waals surface area contributed by atoms with Crippen LogP contribution < -0.4 is 10.1 Å². The number of hydrogen-bond donors (Lipinski definition) is 1. The first kappa shape index (κ1) is 14.1. The van der Waals surface area contributed by atoms with Crippen molar-refractivity contribution in [1.29, 1.82) is 0 Å². The van der Waals surface area contributed by atoms with Gasteiger partial charge in [-0.3, -0.25) is 0 Å². The Morgan fingerprint density at radius 3 is 2.74 bits per heavy atom. The van der Waals surface area contributed by atoms with Crippen molar-refractivity contribution in [3.63, 3.8) is 0 Å². The van der Waals surface area contributed by atoms with Crippen molar-refractivity contribution < 1.29 is 4.74 Å². The van der Waals surface area contributed by atoms with Crippen LogP contribution in [-0.4, -0.2) is 13.7 Å². The SMILES string of the molecule is CCNC(c1cc(OC)cs1)c1cccc(C)c1C. The van der Waals surface area contributed by atoms with E-state index in [1.54, 1.807) is 18.4 Å². The maximum Gasteiger partial charge on any atom is 0.129 e. The minimum Gasteiger partial charge on any atom is -0.496 e. The maximum atomic E-state index is 5.30. The fraction of sp³-hybridized carbons (Fsp3) is 0.375. The lowest BCUT2D eigenvalue weighted by Crippen LogP contribution is -2.22. The third-order valence-corrected chi connectivity index (χ3v) is 4.46. The highest BCUT2D eigenvalue weighted by atomic mass is 32.1. The summed E-state index contributed by atoms with van der Waals surface area (Å²) in [6, 6.07) is 8.88. The number of benzene rings is 1. The van der Waals surface area contributed by atoms with Gasteiger partial charge in [0.25, 0.3) is 0 Å². The summed E-state index contributed by atoms with van der Waals surface area (Å²) in [4.78, 5) is 1.30. The molecule has 0 spiro atoms. The molecule has 0 radical (unpaired) electrons. The molecule has 2 rings (SSSR count). The molecule has 0 saturated carbocycles. The summed E-state index contributed by atoms with van der Waals surface area (Å²) in [5.41, 5.74) is 4.05. The van der Waals surface area contributed by atoms with Crippen LogP contribution in [0.25, 0.3) is 0 Å². The van der Waals surface area contributed by atoms with Crippen molar-refractivity contribution in [2.45, 2.75) is 26.8 Å². The fourth-order valence-electron chi connectivity index (χ4n) is 2.25. The average molecular weight is 275 g/mol. The summed E-state index contributed by atoms with van der Waals surface area (Å²) in [5.74, 6) is 0.938. The van der Waals surface area contributed by atoms with Crippen molar-refractivity contribution in [1.82, 2.24) is 5.32 Å². The summed E-state index contributed by atoms with van der Waals surface area (Å²) in [6.07, 6.45) is 0. The summed E-state index contributed by atoms with van der Waals surface area (Å²) < 4.78 is 5.30. The number of methoxy groups -OCH3 is 1. The molecule has 0 amide bonds. The molecule has 1 unspecified atom stereocenters. The summed E-state index contributed by atoms with van der Waals surface area (Å²) >= 11 is 1.74. The summed E-state index contributed by atoms with van der Waals surface area (Å²) in [7, 11) is 1.71. The molecule has 1 atom stereocenters. The van der Waals surface area contributed by atoms with Crippen LogP contribution in [0.1, 0.15) is 34.5 Å². The predicted octanol–water partition coefficient (Wildman–Crippen LogP) is 4.07. The first-order chi connectivity index (χ1) is 9.17. The molecule has 0 saturated heterocycles. The quantitative estimate of drug-likeness (QED) is 0.888. The number of rotatable bonds is 5. The van der Waals surface area contributed by atoms with E-state index < -0.39 is 0 Å². The van der Waals surface area contributed by atoms with Crippen LogP contribution in [-0.2, 0) is 0 Å². The van der Waals surface area contributed by atoms with Crippen molar-refractivity contribution >= 4 is 11.3 Å². The molecule has 0 aliphatic rings. The molecule has 19 heavy (non-hydrogen) atoms. The van der Waals surface area contributed by atoms with Gasteiger partial charge in [0.1, 0.15) is 5.75 Å². The van der Waals surface area contributed by atoms with Crippen molar-refractivity contribution in [2.75, 3.05) is 13.7 Å². The van der Waals surface area contributed by atoms with Crippen LogP contribution in [0.2, 0.25) is 0 Å². The van der Waals surface area contributed by atoms with Crippen molar-refractivity contribution in [3.8, 4) is 5.75 Å². The van der Waals surface area contributed by atoms with Crippen LogP contribution >= 0.6 is 11.3 Å². The van der Waals surface area contributed by atoms with Crippen molar-refractivity contribution in [2.24, 2.45) is 0 Å². The molecule has 1 aromatic carbocycles. The summed E-state index contributed by atoms with van der Waals surface area (Å²) in [6.45, 7) is 7.44. The van der Waals surface area contributed by atoms with E-state index in [1.807, 2.05) is 0 Å². The number of nitrogens with one attached hydrogen (secondary N) is 1. The van der Waals surface area contributed by atoms with Crippen molar-refractivity contribution in [3.05, 3.63) is 51.2 Å². The maximum absolute atomic E-state index is 5.30. The predicted molar refractivity (Wildman–Crippen MR) is 82.3 cm³/mol. The minimum atomic E-state index is 0.249. The van der Waals surface area contributed by atoms with Gasteiger partial charge in [-0.15, -0.1) is 11.3 Å². The lowest BCUT2D eigenvalue weighted by molar-refractivity contribution is 0.416. The molecule has 3 heteroatoms. The van der Waals surface area contributed by atoms with E-state index in [1.165, 1.54) is 21.6 Å². The Morgan fingerprint density at radius 2 is 2.11 bits per heavy atom. The third-order valence-electron chi connectivity index (χ3n) is 3.48. The smallest absolute Gasteiger partial charge is 0.129 e. The van der Waals surface area contributed by atoms with Crippen LogP contribution in [0.5, 0.6) is 5.75 Å². The highest BCUT2D eigenvalue weighted by Crippen LogP contribution is 2.33. The number of hydrogen-bond acceptors (Lipinski definition) is 3. The zero-order chi connectivity index (χ0) is 13.8. The van der Waals surface area contributed by atoms with Gasteiger partial charge in [0, 0.05) is 10.3 Å². The van der Waals surface area contributed by atoms with E-state index >= 15 is 0 Å². The zero-order valence-corrected chi connectivity index (χ0v) is 12.8. The lowest BCUT2D eigenvalue weighted by atomic mass is 9.96. The first-order valence-electron chi connectivity index (χ1n) is 6.59. The lowest BCUT2D eigenvalue weighted by Gasteiger charge is -2.20. The molecule has 0 aliphatic heterocycles. The van der Waals surface area contributed by atoms with Gasteiger partial charge in [-0.05, 0) is 43.1 Å². The Labute approximate surface area is 119 Å². The molecule has 0 bridgehead atoms. The number of ether oxygens (including phenoxy) is 1. The van der Waals surface area contributed by atoms with E-state index in [-0.39, 0.29) is 6.04 Å². The van der Waals surface area contributed by atoms with Gasteiger partial charge in [0.15, 0.2) is 0 Å². The molecule has 0 aliphatic carbocycles. The van der Waals surface area contributed by atoms with E-state index in [9.17, 15) is 0 Å². The zero-order valence-electron chi connectivity index (χ0n) is 12.0. The van der Waals surface area contributed by atoms with Gasteiger partial charge in [-0.25, -0.2) is 0 Å². The summed E-state index contributed by atoms with van der Waals surface area (Å²) in [5, 5.41) is 5.64. The highest BCUT2D eigenvalue weighted by molar-refractivity contribution is 7.10. The Kier molecular flexibility index (Phi) is 4.61. The van der Waals surface area contributed by atoms with E-state index in [2.05, 4.69) is 55.7 Å². The Hall–Kier alpha value is -1.32. The van der Waals surface area contributed by atoms with Gasteiger partial charge >= 0.3 is 0 Å². The van der Waals surface area contributed by atoms with E-state index in [0.717, 1.165) is 12.3 Å². The molecule has 1 heterocycles. The van der Waals surface area contributed by atoms with Gasteiger partial charge < -0.3 is 10.1 Å². The van der Waals surface area contributed by atoms with E-state index in [4.69, 9.17) is 4.74 Å². The third kappa shape index (κ3) is 2.99. The molecular weight excluding hydrogens is 254 g/mol. The molecule has 0 fully saturated rings. The van der Waals surface area contributed by atoms with Crippen LogP contribution in [0.15, 0.2) is 29.6 Å². The van der Waals surface area contributed by atoms with Gasteiger partial charge in [0.2, 0.25) is 0 Å².